The SMILES string of the molecule is CCOCC(=O)N1CCC[C@@]2(C1)C(=O)Nc1ccccc12. The van der Waals surface area contributed by atoms with Crippen LogP contribution in [0.3, 0.4) is 0 Å². The Bertz CT molecular complexity index is 572. The lowest BCUT2D eigenvalue weighted by molar-refractivity contribution is -0.139. The third-order valence-electron chi connectivity index (χ3n) is 4.40. The van der Waals surface area contributed by atoms with Gasteiger partial charge in [-0.25, -0.2) is 0 Å². The molecule has 21 heavy (non-hydrogen) atoms. The van der Waals surface area contributed by atoms with E-state index in [1.54, 1.807) is 4.90 Å². The smallest absolute Gasteiger partial charge is 0.248 e. The van der Waals surface area contributed by atoms with Gasteiger partial charge >= 0.3 is 0 Å². The first kappa shape index (κ1) is 14.1. The van der Waals surface area contributed by atoms with Crippen LogP contribution in [-0.2, 0) is 19.7 Å². The Labute approximate surface area is 124 Å². The number of amides is 2. The summed E-state index contributed by atoms with van der Waals surface area (Å²) in [6.45, 7) is 3.63. The molecule has 0 aromatic heterocycles. The van der Waals surface area contributed by atoms with Gasteiger partial charge in [0, 0.05) is 25.4 Å². The molecule has 2 heterocycles. The predicted octanol–water partition coefficient (Wildman–Crippen LogP) is 1.54. The Hall–Kier alpha value is -1.88. The standard InChI is InChI=1S/C16H20N2O3/c1-2-21-10-14(19)18-9-5-8-16(11-18)12-6-3-4-7-13(12)17-15(16)20/h3-4,6-7H,2,5,8-11H2,1H3,(H,17,20)/t16-/m0/s1. The Kier molecular flexibility index (Phi) is 3.68. The molecule has 112 valence electrons. The van der Waals surface area contributed by atoms with Crippen molar-refractivity contribution in [2.24, 2.45) is 0 Å². The maximum absolute atomic E-state index is 12.5. The van der Waals surface area contributed by atoms with Gasteiger partial charge in [0.15, 0.2) is 0 Å². The van der Waals surface area contributed by atoms with E-state index in [0.717, 1.165) is 24.1 Å². The van der Waals surface area contributed by atoms with Crippen molar-refractivity contribution >= 4 is 17.5 Å². The fourth-order valence-electron chi connectivity index (χ4n) is 3.33. The highest BCUT2D eigenvalue weighted by Crippen LogP contribution is 2.43. The second-order valence-electron chi connectivity index (χ2n) is 5.64. The Morgan fingerprint density at radius 1 is 1.43 bits per heavy atom. The van der Waals surface area contributed by atoms with Gasteiger partial charge in [-0.05, 0) is 31.4 Å². The van der Waals surface area contributed by atoms with E-state index in [9.17, 15) is 9.59 Å². The number of ether oxygens (including phenoxy) is 1. The summed E-state index contributed by atoms with van der Waals surface area (Å²) in [5.74, 6) is -0.0225. The van der Waals surface area contributed by atoms with Gasteiger partial charge in [-0.3, -0.25) is 9.59 Å². The monoisotopic (exact) mass is 288 g/mol. The van der Waals surface area contributed by atoms with Gasteiger partial charge in [-0.2, -0.15) is 0 Å². The van der Waals surface area contributed by atoms with Crippen LogP contribution in [0.15, 0.2) is 24.3 Å². The largest absolute Gasteiger partial charge is 0.372 e. The zero-order valence-corrected chi connectivity index (χ0v) is 12.2. The molecular weight excluding hydrogens is 268 g/mol. The molecule has 1 fully saturated rings. The number of benzene rings is 1. The van der Waals surface area contributed by atoms with E-state index in [1.807, 2.05) is 31.2 Å². The van der Waals surface area contributed by atoms with E-state index in [1.165, 1.54) is 0 Å². The number of nitrogens with zero attached hydrogens (tertiary/aromatic N) is 1. The third-order valence-corrected chi connectivity index (χ3v) is 4.40. The van der Waals surface area contributed by atoms with Crippen molar-refractivity contribution in [3.8, 4) is 0 Å². The fraction of sp³-hybridized carbons (Fsp3) is 0.500. The molecule has 2 amide bonds. The minimum Gasteiger partial charge on any atom is -0.372 e. The summed E-state index contributed by atoms with van der Waals surface area (Å²) >= 11 is 0. The van der Waals surface area contributed by atoms with Gasteiger partial charge in [0.05, 0.1) is 5.41 Å². The summed E-state index contributed by atoms with van der Waals surface area (Å²) in [5, 5.41) is 2.95. The first-order chi connectivity index (χ1) is 10.2. The van der Waals surface area contributed by atoms with Crippen LogP contribution in [0.2, 0.25) is 0 Å². The van der Waals surface area contributed by atoms with Crippen molar-refractivity contribution in [1.29, 1.82) is 0 Å². The number of fused-ring (bicyclic) bond motifs is 2. The summed E-state index contributed by atoms with van der Waals surface area (Å²) in [7, 11) is 0. The highest BCUT2D eigenvalue weighted by Gasteiger charge is 2.49. The van der Waals surface area contributed by atoms with Gasteiger partial charge < -0.3 is 15.0 Å². The maximum atomic E-state index is 12.5. The molecule has 1 N–H and O–H groups in total. The topological polar surface area (TPSA) is 58.6 Å². The normalized spacial score (nSPS) is 24.0. The van der Waals surface area contributed by atoms with E-state index in [2.05, 4.69) is 5.32 Å². The number of carbonyl (C=O) groups is 2. The molecule has 2 aliphatic rings. The van der Waals surface area contributed by atoms with E-state index in [-0.39, 0.29) is 18.4 Å². The minimum atomic E-state index is -0.587. The zero-order chi connectivity index (χ0) is 14.9. The lowest BCUT2D eigenvalue weighted by Crippen LogP contribution is -2.52. The van der Waals surface area contributed by atoms with Gasteiger partial charge in [0.25, 0.3) is 0 Å². The molecule has 5 nitrogen and oxygen atoms in total. The molecule has 1 saturated heterocycles. The van der Waals surface area contributed by atoms with Gasteiger partial charge in [-0.1, -0.05) is 18.2 Å². The van der Waals surface area contributed by atoms with E-state index in [4.69, 9.17) is 4.74 Å². The van der Waals surface area contributed by atoms with Crippen LogP contribution in [-0.4, -0.2) is 43.0 Å². The summed E-state index contributed by atoms with van der Waals surface area (Å²) < 4.78 is 5.20. The molecule has 1 spiro atoms. The van der Waals surface area contributed by atoms with Crippen molar-refractivity contribution < 1.29 is 14.3 Å². The van der Waals surface area contributed by atoms with E-state index < -0.39 is 5.41 Å². The second-order valence-corrected chi connectivity index (χ2v) is 5.64. The highest BCUT2D eigenvalue weighted by atomic mass is 16.5. The van der Waals surface area contributed by atoms with Gasteiger partial charge in [0.1, 0.15) is 6.61 Å². The molecule has 0 aliphatic carbocycles. The number of carbonyl (C=O) groups excluding carboxylic acids is 2. The van der Waals surface area contributed by atoms with Crippen LogP contribution in [0.25, 0.3) is 0 Å². The first-order valence-electron chi connectivity index (χ1n) is 7.44. The number of nitrogens with one attached hydrogen (secondary N) is 1. The van der Waals surface area contributed by atoms with Crippen molar-refractivity contribution in [3.63, 3.8) is 0 Å². The number of rotatable bonds is 3. The average Bonchev–Trinajstić information content (AvgIpc) is 2.77. The van der Waals surface area contributed by atoms with Crippen LogP contribution < -0.4 is 5.32 Å². The summed E-state index contributed by atoms with van der Waals surface area (Å²) in [6.07, 6.45) is 1.62. The lowest BCUT2D eigenvalue weighted by Gasteiger charge is -2.39. The molecule has 0 bridgehead atoms. The number of likely N-dealkylation sites (tertiary alicyclic amines) is 1. The molecule has 0 radical (unpaired) electrons. The zero-order valence-electron chi connectivity index (χ0n) is 12.2. The van der Waals surface area contributed by atoms with Crippen molar-refractivity contribution in [2.45, 2.75) is 25.2 Å². The quantitative estimate of drug-likeness (QED) is 0.917. The molecule has 3 rings (SSSR count). The van der Waals surface area contributed by atoms with Crippen LogP contribution >= 0.6 is 0 Å². The predicted molar refractivity (Wildman–Crippen MR) is 79.1 cm³/mol. The molecule has 2 aliphatic heterocycles. The highest BCUT2D eigenvalue weighted by molar-refractivity contribution is 6.06. The number of hydrogen-bond acceptors (Lipinski definition) is 3. The fourth-order valence-corrected chi connectivity index (χ4v) is 3.33. The lowest BCUT2D eigenvalue weighted by atomic mass is 9.75. The Balaban J connectivity index is 1.85. The van der Waals surface area contributed by atoms with Crippen molar-refractivity contribution in [2.75, 3.05) is 31.6 Å². The summed E-state index contributed by atoms with van der Waals surface area (Å²) in [5.41, 5.74) is 1.31. The van der Waals surface area contributed by atoms with Gasteiger partial charge in [0.2, 0.25) is 11.8 Å². The molecule has 1 aromatic carbocycles. The van der Waals surface area contributed by atoms with Crippen LogP contribution in [0, 0.1) is 0 Å². The molecule has 5 heteroatoms. The number of para-hydroxylation sites is 1. The van der Waals surface area contributed by atoms with Crippen LogP contribution in [0.1, 0.15) is 25.3 Å². The number of anilines is 1. The number of hydrogen-bond donors (Lipinski definition) is 1. The van der Waals surface area contributed by atoms with E-state index >= 15 is 0 Å². The Morgan fingerprint density at radius 2 is 2.24 bits per heavy atom. The second kappa shape index (κ2) is 5.48. The van der Waals surface area contributed by atoms with Crippen LogP contribution in [0.5, 0.6) is 0 Å². The molecule has 0 unspecified atom stereocenters. The van der Waals surface area contributed by atoms with E-state index in [0.29, 0.717) is 19.7 Å². The maximum Gasteiger partial charge on any atom is 0.248 e. The third kappa shape index (κ3) is 2.31. The van der Waals surface area contributed by atoms with Crippen molar-refractivity contribution in [1.82, 2.24) is 4.90 Å². The average molecular weight is 288 g/mol. The molecule has 0 saturated carbocycles. The number of piperidine rings is 1. The minimum absolute atomic E-state index is 0.0117. The summed E-state index contributed by atoms with van der Waals surface area (Å²) in [4.78, 5) is 26.5. The molecular formula is C16H20N2O3. The first-order valence-corrected chi connectivity index (χ1v) is 7.44. The Morgan fingerprint density at radius 3 is 3.05 bits per heavy atom. The molecule has 1 aromatic rings. The van der Waals surface area contributed by atoms with Crippen molar-refractivity contribution in [3.05, 3.63) is 29.8 Å². The molecule has 1 atom stereocenters. The van der Waals surface area contributed by atoms with Gasteiger partial charge in [-0.15, -0.1) is 0 Å². The summed E-state index contributed by atoms with van der Waals surface area (Å²) in [6, 6.07) is 7.77. The van der Waals surface area contributed by atoms with Crippen LogP contribution in [0.4, 0.5) is 5.69 Å².